The van der Waals surface area contributed by atoms with Crippen molar-refractivity contribution in [2.45, 2.75) is 12.5 Å². The van der Waals surface area contributed by atoms with Crippen molar-refractivity contribution in [1.29, 1.82) is 0 Å². The predicted molar refractivity (Wildman–Crippen MR) is 60.6 cm³/mol. The third-order valence-corrected chi connectivity index (χ3v) is 1.72. The van der Waals surface area contributed by atoms with Gasteiger partial charge < -0.3 is 21.4 Å². The van der Waals surface area contributed by atoms with Gasteiger partial charge in [-0.2, -0.15) is 5.90 Å². The van der Waals surface area contributed by atoms with Crippen molar-refractivity contribution >= 4 is 12.1 Å². The maximum Gasteiger partial charge on any atom is 0.402 e. The highest BCUT2D eigenvalue weighted by atomic mass is 16.7. The monoisotopic (exact) mass is 241 g/mol. The Balaban J connectivity index is 0.000000557. The Morgan fingerprint density at radius 1 is 1.29 bits per heavy atom. The molecule has 0 radical (unpaired) electrons. The van der Waals surface area contributed by atoms with Crippen molar-refractivity contribution in [2.24, 2.45) is 17.4 Å². The molecule has 0 bridgehead atoms. The highest BCUT2D eigenvalue weighted by Gasteiger charge is 2.14. The summed E-state index contributed by atoms with van der Waals surface area (Å²) in [5.74, 6) is 4.10. The lowest BCUT2D eigenvalue weighted by atomic mass is 10.1. The van der Waals surface area contributed by atoms with Gasteiger partial charge in [0, 0.05) is 0 Å². The molecule has 0 unspecified atom stereocenters. The molecule has 7 N–H and O–H groups in total. The summed E-state index contributed by atoms with van der Waals surface area (Å²) < 4.78 is 0. The molecule has 0 heterocycles. The number of carbonyl (C=O) groups excluding carboxylic acids is 1. The first kappa shape index (κ1) is 14.9. The topological polar surface area (TPSA) is 142 Å². The highest BCUT2D eigenvalue weighted by molar-refractivity contribution is 5.75. The summed E-state index contributed by atoms with van der Waals surface area (Å²) in [5.41, 5.74) is 10.5. The molecule has 17 heavy (non-hydrogen) atoms. The molecule has 0 aliphatic rings. The normalized spacial score (nSPS) is 10.7. The second kappa shape index (κ2) is 8.08. The molecule has 1 rings (SSSR count). The first-order valence-electron chi connectivity index (χ1n) is 4.65. The molecule has 1 atom stereocenters. The fourth-order valence-electron chi connectivity index (χ4n) is 1.04. The summed E-state index contributed by atoms with van der Waals surface area (Å²) >= 11 is 0. The van der Waals surface area contributed by atoms with Crippen molar-refractivity contribution in [3.8, 4) is 0 Å². The Bertz CT molecular complexity index is 352. The Labute approximate surface area is 98.1 Å². The van der Waals surface area contributed by atoms with E-state index in [1.54, 1.807) is 0 Å². The van der Waals surface area contributed by atoms with E-state index < -0.39 is 18.1 Å². The second-order valence-electron chi connectivity index (χ2n) is 3.07. The van der Waals surface area contributed by atoms with Gasteiger partial charge in [-0.25, -0.2) is 9.59 Å². The van der Waals surface area contributed by atoms with Gasteiger partial charge in [0.05, 0.1) is 0 Å². The van der Waals surface area contributed by atoms with Gasteiger partial charge >= 0.3 is 12.1 Å². The van der Waals surface area contributed by atoms with Crippen LogP contribution < -0.4 is 17.4 Å². The number of hydrogen-bond acceptors (Lipinski definition) is 5. The molecular formula is C10H15N3O4. The van der Waals surface area contributed by atoms with Crippen molar-refractivity contribution in [1.82, 2.24) is 0 Å². The molecule has 0 saturated carbocycles. The van der Waals surface area contributed by atoms with E-state index >= 15 is 0 Å². The number of benzene rings is 1. The van der Waals surface area contributed by atoms with Gasteiger partial charge in [-0.05, 0) is 12.0 Å². The van der Waals surface area contributed by atoms with E-state index in [2.05, 4.69) is 10.6 Å². The van der Waals surface area contributed by atoms with Crippen molar-refractivity contribution < 1.29 is 19.5 Å². The smallest absolute Gasteiger partial charge is 0.402 e. The fraction of sp³-hybridized carbons (Fsp3) is 0.200. The summed E-state index contributed by atoms with van der Waals surface area (Å²) in [6.45, 7) is 0. The van der Waals surface area contributed by atoms with Crippen LogP contribution in [0.2, 0.25) is 0 Å². The molecular weight excluding hydrogens is 226 g/mol. The molecule has 7 nitrogen and oxygen atoms in total. The second-order valence-corrected chi connectivity index (χ2v) is 3.07. The van der Waals surface area contributed by atoms with E-state index in [4.69, 9.17) is 21.5 Å². The molecule has 7 heteroatoms. The molecule has 0 spiro atoms. The minimum atomic E-state index is -1.33. The van der Waals surface area contributed by atoms with Gasteiger partial charge in [0.2, 0.25) is 0 Å². The lowest BCUT2D eigenvalue weighted by molar-refractivity contribution is -0.145. The van der Waals surface area contributed by atoms with Gasteiger partial charge in [0.25, 0.3) is 0 Å². The van der Waals surface area contributed by atoms with Crippen LogP contribution in [0.15, 0.2) is 30.3 Å². The molecule has 0 fully saturated rings. The third-order valence-electron chi connectivity index (χ3n) is 1.72. The zero-order valence-corrected chi connectivity index (χ0v) is 9.08. The summed E-state index contributed by atoms with van der Waals surface area (Å²) in [6.07, 6.45) is -0.892. The van der Waals surface area contributed by atoms with Crippen molar-refractivity contribution in [2.75, 3.05) is 0 Å². The summed E-state index contributed by atoms with van der Waals surface area (Å²) in [4.78, 5) is 23.6. The number of nitrogens with two attached hydrogens (primary N) is 3. The third kappa shape index (κ3) is 7.77. The maximum atomic E-state index is 10.8. The van der Waals surface area contributed by atoms with Crippen LogP contribution in [0.3, 0.4) is 0 Å². The van der Waals surface area contributed by atoms with Gasteiger partial charge in [-0.15, -0.1) is 0 Å². The van der Waals surface area contributed by atoms with Gasteiger partial charge in [-0.1, -0.05) is 30.3 Å². The Morgan fingerprint density at radius 3 is 2.18 bits per heavy atom. The lowest BCUT2D eigenvalue weighted by Crippen LogP contribution is -2.35. The van der Waals surface area contributed by atoms with Crippen molar-refractivity contribution in [3.05, 3.63) is 35.9 Å². The summed E-state index contributed by atoms with van der Waals surface area (Å²) in [7, 11) is 0. The first-order chi connectivity index (χ1) is 7.97. The number of rotatable bonds is 3. The predicted octanol–water partition coefficient (Wildman–Crippen LogP) is -0.404. The number of carboxylic acid groups (broad SMARTS) is 1. The zero-order valence-electron chi connectivity index (χ0n) is 9.08. The number of hydrogen-bond donors (Lipinski definition) is 4. The first-order valence-corrected chi connectivity index (χ1v) is 4.65. The molecule has 0 aliphatic carbocycles. The van der Waals surface area contributed by atoms with Crippen LogP contribution in [0, 0.1) is 0 Å². The van der Waals surface area contributed by atoms with Gasteiger partial charge in [0.15, 0.2) is 0 Å². The van der Waals surface area contributed by atoms with Gasteiger partial charge in [-0.3, -0.25) is 0 Å². The number of amides is 1. The van der Waals surface area contributed by atoms with Crippen LogP contribution in [0.5, 0.6) is 0 Å². The van der Waals surface area contributed by atoms with Crippen LogP contribution in [0.1, 0.15) is 5.56 Å². The van der Waals surface area contributed by atoms with E-state index in [1.807, 2.05) is 30.3 Å². The van der Waals surface area contributed by atoms with E-state index in [0.29, 0.717) is 6.42 Å². The lowest BCUT2D eigenvalue weighted by Gasteiger charge is -2.07. The molecule has 1 aromatic carbocycles. The summed E-state index contributed by atoms with van der Waals surface area (Å²) in [6, 6.07) is 8.77. The molecule has 0 aromatic heterocycles. The van der Waals surface area contributed by atoms with E-state index in [1.165, 1.54) is 0 Å². The number of primary amides is 1. The molecule has 0 aliphatic heterocycles. The average Bonchev–Trinajstić information content (AvgIpc) is 2.28. The molecule has 1 aromatic rings. The van der Waals surface area contributed by atoms with Gasteiger partial charge in [0.1, 0.15) is 6.04 Å². The van der Waals surface area contributed by atoms with Crippen LogP contribution >= 0.6 is 0 Å². The van der Waals surface area contributed by atoms with E-state index in [9.17, 15) is 4.79 Å². The number of carbonyl (C=O) groups is 2. The Kier molecular flexibility index (Phi) is 7.07. The van der Waals surface area contributed by atoms with Crippen LogP contribution in [-0.2, 0) is 16.1 Å². The minimum absolute atomic E-state index is 0.441. The van der Waals surface area contributed by atoms with Crippen LogP contribution in [-0.4, -0.2) is 23.2 Å². The largest absolute Gasteiger partial charge is 0.465 e. The molecule has 1 amide bonds. The van der Waals surface area contributed by atoms with E-state index in [-0.39, 0.29) is 0 Å². The maximum absolute atomic E-state index is 10.8. The zero-order chi connectivity index (χ0) is 13.3. The SMILES string of the molecule is NC(=O)O.NOC(=O)[C@@H](N)Cc1ccccc1. The standard InChI is InChI=1S/C9H12N2O2.CH3NO2/c10-8(9(12)13-11)6-7-4-2-1-3-5-7;2-1(3)4/h1-5,8H,6,10-11H2;2H2,(H,3,4)/t8-;/m0./s1. The van der Waals surface area contributed by atoms with E-state index in [0.717, 1.165) is 5.56 Å². The Hall–Kier alpha value is -2.12. The minimum Gasteiger partial charge on any atom is -0.465 e. The molecule has 94 valence electrons. The Morgan fingerprint density at radius 2 is 1.76 bits per heavy atom. The highest BCUT2D eigenvalue weighted by Crippen LogP contribution is 2.01. The quantitative estimate of drug-likeness (QED) is 0.530. The van der Waals surface area contributed by atoms with Crippen LogP contribution in [0.25, 0.3) is 0 Å². The van der Waals surface area contributed by atoms with Crippen LogP contribution in [0.4, 0.5) is 4.79 Å². The van der Waals surface area contributed by atoms with Crippen molar-refractivity contribution in [3.63, 3.8) is 0 Å². The fourth-order valence-corrected chi connectivity index (χ4v) is 1.04. The average molecular weight is 241 g/mol. The summed E-state index contributed by atoms with van der Waals surface area (Å²) in [5, 5.41) is 7.19. The molecule has 0 saturated heterocycles.